The number of benzene rings is 2. The summed E-state index contributed by atoms with van der Waals surface area (Å²) in [4.78, 5) is 24.8. The van der Waals surface area contributed by atoms with Crippen molar-refractivity contribution in [3.05, 3.63) is 75.4 Å². The van der Waals surface area contributed by atoms with Gasteiger partial charge in [-0.25, -0.2) is 4.79 Å². The molecule has 0 bridgehead atoms. The average Bonchev–Trinajstić information content (AvgIpc) is 3.14. The van der Waals surface area contributed by atoms with Crippen LogP contribution in [0.3, 0.4) is 0 Å². The average molecular weight is 477 g/mol. The predicted octanol–water partition coefficient (Wildman–Crippen LogP) is 6.07. The van der Waals surface area contributed by atoms with Crippen LogP contribution in [0.4, 0.5) is 13.2 Å². The van der Waals surface area contributed by atoms with Gasteiger partial charge in [-0.1, -0.05) is 43.6 Å². The molecule has 9 heteroatoms. The molecular weight excluding hydrogens is 457 g/mol. The molecule has 172 valence electrons. The Bertz CT molecular complexity index is 1250. The molecule has 0 saturated heterocycles. The van der Waals surface area contributed by atoms with Crippen molar-refractivity contribution >= 4 is 23.4 Å². The maximum atomic E-state index is 13.7. The number of nitrogens with zero attached hydrogens (tertiary/aromatic N) is 1. The number of hydrogen-bond acceptors (Lipinski definition) is 3. The van der Waals surface area contributed by atoms with Gasteiger partial charge in [0.25, 0.3) is 0 Å². The van der Waals surface area contributed by atoms with Crippen LogP contribution in [0.5, 0.6) is 0 Å². The first-order valence-corrected chi connectivity index (χ1v) is 10.6. The highest BCUT2D eigenvalue weighted by Crippen LogP contribution is 2.45. The SMILES string of the molecule is CC1(C)Cc2[nH]nc(-c3ccc(C(=O)O)cc3)c2C(=O)C1Cc1c(Cl)cccc1C(F)(F)F. The summed E-state index contributed by atoms with van der Waals surface area (Å²) in [6.45, 7) is 3.68. The van der Waals surface area contributed by atoms with Crippen LogP contribution in [0, 0.1) is 11.3 Å². The Morgan fingerprint density at radius 3 is 2.48 bits per heavy atom. The van der Waals surface area contributed by atoms with E-state index in [0.29, 0.717) is 28.9 Å². The number of H-pyrrole nitrogens is 1. The van der Waals surface area contributed by atoms with Crippen molar-refractivity contribution in [1.29, 1.82) is 0 Å². The van der Waals surface area contributed by atoms with Crippen molar-refractivity contribution in [1.82, 2.24) is 10.2 Å². The zero-order valence-corrected chi connectivity index (χ0v) is 18.5. The van der Waals surface area contributed by atoms with Gasteiger partial charge >= 0.3 is 12.1 Å². The van der Waals surface area contributed by atoms with Crippen LogP contribution in [0.15, 0.2) is 42.5 Å². The molecule has 1 aliphatic rings. The monoisotopic (exact) mass is 476 g/mol. The Morgan fingerprint density at radius 2 is 1.88 bits per heavy atom. The van der Waals surface area contributed by atoms with Gasteiger partial charge in [0.05, 0.1) is 16.7 Å². The molecule has 0 saturated carbocycles. The van der Waals surface area contributed by atoms with Crippen molar-refractivity contribution < 1.29 is 27.9 Å². The highest BCUT2D eigenvalue weighted by molar-refractivity contribution is 6.31. The van der Waals surface area contributed by atoms with Gasteiger partial charge in [0.2, 0.25) is 0 Å². The number of carbonyl (C=O) groups excluding carboxylic acids is 1. The summed E-state index contributed by atoms with van der Waals surface area (Å²) < 4.78 is 40.9. The van der Waals surface area contributed by atoms with Gasteiger partial charge < -0.3 is 5.11 Å². The quantitative estimate of drug-likeness (QED) is 0.478. The fourth-order valence-electron chi connectivity index (χ4n) is 4.46. The molecule has 3 aromatic rings. The van der Waals surface area contributed by atoms with Gasteiger partial charge in [-0.05, 0) is 48.1 Å². The molecule has 33 heavy (non-hydrogen) atoms. The van der Waals surface area contributed by atoms with Crippen LogP contribution in [0.1, 0.15) is 51.4 Å². The van der Waals surface area contributed by atoms with E-state index in [2.05, 4.69) is 10.2 Å². The summed E-state index contributed by atoms with van der Waals surface area (Å²) in [5.41, 5.74) is 0.311. The number of aromatic carboxylic acids is 1. The molecule has 1 unspecified atom stereocenters. The Hall–Kier alpha value is -3.13. The lowest BCUT2D eigenvalue weighted by molar-refractivity contribution is -0.138. The summed E-state index contributed by atoms with van der Waals surface area (Å²) in [5.74, 6) is -2.16. The van der Waals surface area contributed by atoms with Crippen molar-refractivity contribution in [3.8, 4) is 11.3 Å². The number of rotatable bonds is 4. The number of aromatic amines is 1. The van der Waals surface area contributed by atoms with Crippen molar-refractivity contribution in [2.75, 3.05) is 0 Å². The van der Waals surface area contributed by atoms with E-state index in [1.54, 1.807) is 12.1 Å². The van der Waals surface area contributed by atoms with Crippen molar-refractivity contribution in [2.45, 2.75) is 32.9 Å². The van der Waals surface area contributed by atoms with E-state index in [9.17, 15) is 22.8 Å². The topological polar surface area (TPSA) is 83.1 Å². The molecule has 5 nitrogen and oxygen atoms in total. The summed E-state index contributed by atoms with van der Waals surface area (Å²) in [6, 6.07) is 9.54. The molecule has 0 aliphatic heterocycles. The number of halogens is 4. The maximum absolute atomic E-state index is 13.7. The Morgan fingerprint density at radius 1 is 1.21 bits per heavy atom. The molecular formula is C24H20ClF3N2O3. The Kier molecular flexibility index (Phi) is 5.60. The van der Waals surface area contributed by atoms with Gasteiger partial charge in [-0.15, -0.1) is 0 Å². The normalized spacial score (nSPS) is 17.6. The number of carboxylic acids is 1. The first kappa shape index (κ1) is 23.0. The third kappa shape index (κ3) is 4.15. The minimum absolute atomic E-state index is 0.0316. The second-order valence-corrected chi connectivity index (χ2v) is 9.27. The number of hydrogen-bond donors (Lipinski definition) is 2. The highest BCUT2D eigenvalue weighted by Gasteiger charge is 2.45. The van der Waals surface area contributed by atoms with Crippen molar-refractivity contribution in [3.63, 3.8) is 0 Å². The molecule has 2 aromatic carbocycles. The van der Waals surface area contributed by atoms with Gasteiger partial charge in [-0.2, -0.15) is 18.3 Å². The summed E-state index contributed by atoms with van der Waals surface area (Å²) in [7, 11) is 0. The number of ketones is 1. The van der Waals surface area contributed by atoms with Gasteiger partial charge in [0.15, 0.2) is 5.78 Å². The third-order valence-electron chi connectivity index (χ3n) is 6.22. The van der Waals surface area contributed by atoms with Crippen LogP contribution in [0.2, 0.25) is 5.02 Å². The fraction of sp³-hybridized carbons (Fsp3) is 0.292. The van der Waals surface area contributed by atoms with E-state index in [-0.39, 0.29) is 28.4 Å². The minimum atomic E-state index is -4.60. The second-order valence-electron chi connectivity index (χ2n) is 8.86. The van der Waals surface area contributed by atoms with Crippen LogP contribution in [0.25, 0.3) is 11.3 Å². The van der Waals surface area contributed by atoms with Crippen LogP contribution >= 0.6 is 11.6 Å². The lowest BCUT2D eigenvalue weighted by Gasteiger charge is -2.37. The lowest BCUT2D eigenvalue weighted by atomic mass is 9.65. The summed E-state index contributed by atoms with van der Waals surface area (Å²) in [6.07, 6.45) is -4.35. The molecule has 1 aromatic heterocycles. The van der Waals surface area contributed by atoms with E-state index in [0.717, 1.165) is 6.07 Å². The predicted molar refractivity (Wildman–Crippen MR) is 116 cm³/mol. The number of carboxylic acid groups (broad SMARTS) is 1. The van der Waals surface area contributed by atoms with Gasteiger partial charge in [0, 0.05) is 22.2 Å². The second kappa shape index (κ2) is 8.02. The van der Waals surface area contributed by atoms with Crippen molar-refractivity contribution in [2.24, 2.45) is 11.3 Å². The molecule has 0 amide bonds. The van der Waals surface area contributed by atoms with E-state index in [1.165, 1.54) is 24.3 Å². The third-order valence-corrected chi connectivity index (χ3v) is 6.57. The Balaban J connectivity index is 1.77. The number of fused-ring (bicyclic) bond motifs is 1. The highest BCUT2D eigenvalue weighted by atomic mass is 35.5. The zero-order valence-electron chi connectivity index (χ0n) is 17.8. The number of aromatic nitrogens is 2. The molecule has 0 radical (unpaired) electrons. The summed E-state index contributed by atoms with van der Waals surface area (Å²) >= 11 is 6.16. The summed E-state index contributed by atoms with van der Waals surface area (Å²) in [5, 5.41) is 16.2. The van der Waals surface area contributed by atoms with E-state index in [4.69, 9.17) is 16.7 Å². The number of carbonyl (C=O) groups is 2. The van der Waals surface area contributed by atoms with Gasteiger partial charge in [-0.3, -0.25) is 9.89 Å². The number of alkyl halides is 3. The fourth-order valence-corrected chi connectivity index (χ4v) is 4.72. The molecule has 1 atom stereocenters. The minimum Gasteiger partial charge on any atom is -0.478 e. The first-order chi connectivity index (χ1) is 15.4. The van der Waals surface area contributed by atoms with Crippen LogP contribution in [-0.2, 0) is 19.0 Å². The van der Waals surface area contributed by atoms with Crippen LogP contribution < -0.4 is 0 Å². The van der Waals surface area contributed by atoms with Crippen LogP contribution in [-0.4, -0.2) is 27.1 Å². The molecule has 0 spiro atoms. The first-order valence-electron chi connectivity index (χ1n) is 10.2. The molecule has 1 aliphatic carbocycles. The maximum Gasteiger partial charge on any atom is 0.416 e. The number of nitrogens with one attached hydrogen (secondary N) is 1. The Labute approximate surface area is 192 Å². The van der Waals surface area contributed by atoms with E-state index < -0.39 is 29.0 Å². The molecule has 0 fully saturated rings. The molecule has 1 heterocycles. The van der Waals surface area contributed by atoms with E-state index in [1.807, 2.05) is 13.8 Å². The zero-order chi connectivity index (χ0) is 24.1. The standard InChI is InChI=1S/C24H20ClF3N2O3/c1-23(2)11-18-19(20(30-29-18)12-6-8-13(9-7-12)22(32)33)21(31)16(23)10-14-15(24(26,27)28)4-3-5-17(14)25/h3-9,16H,10-11H2,1-2H3,(H,29,30)(H,32,33). The largest absolute Gasteiger partial charge is 0.478 e. The van der Waals surface area contributed by atoms with Gasteiger partial charge in [0.1, 0.15) is 5.69 Å². The smallest absolute Gasteiger partial charge is 0.416 e. The molecule has 2 N–H and O–H groups in total. The number of Topliss-reactive ketones (excluding diaryl/α,β-unsaturated/α-hetero) is 1. The molecule has 4 rings (SSSR count). The lowest BCUT2D eigenvalue weighted by Crippen LogP contribution is -2.39. The van der Waals surface area contributed by atoms with E-state index >= 15 is 0 Å².